The Morgan fingerprint density at radius 1 is 1.08 bits per heavy atom. The molecule has 0 bridgehead atoms. The van der Waals surface area contributed by atoms with Crippen molar-refractivity contribution in [3.8, 4) is 0 Å². The van der Waals surface area contributed by atoms with Gasteiger partial charge in [0.25, 0.3) is 0 Å². The van der Waals surface area contributed by atoms with Crippen molar-refractivity contribution in [3.05, 3.63) is 26.2 Å². The second-order valence-corrected chi connectivity index (χ2v) is 3.95. The molecule has 1 nitrogen and oxygen atoms in total. The van der Waals surface area contributed by atoms with Crippen LogP contribution in [0.1, 0.15) is 18.1 Å². The summed E-state index contributed by atoms with van der Waals surface area (Å²) in [6, 6.07) is 0. The molecule has 0 saturated carbocycles. The van der Waals surface area contributed by atoms with E-state index in [9.17, 15) is 0 Å². The Hall–Kier alpha value is -0.110. The summed E-state index contributed by atoms with van der Waals surface area (Å²) in [7, 11) is 0. The molecule has 0 fully saturated rings. The Morgan fingerprint density at radius 2 is 1.62 bits per heavy atom. The minimum Gasteiger partial charge on any atom is -0.397 e. The van der Waals surface area contributed by atoms with Crippen molar-refractivity contribution in [2.75, 3.05) is 5.73 Å². The number of hydrogen-bond donors (Lipinski definition) is 1. The van der Waals surface area contributed by atoms with Crippen molar-refractivity contribution in [2.24, 2.45) is 0 Å². The first-order chi connectivity index (χ1) is 6.00. The Kier molecular flexibility index (Phi) is 3.33. The fourth-order valence-corrected chi connectivity index (χ4v) is 2.15. The molecule has 0 aromatic heterocycles. The number of hydrogen-bond acceptors (Lipinski definition) is 1. The third-order valence-electron chi connectivity index (χ3n) is 2.05. The summed E-state index contributed by atoms with van der Waals surface area (Å²) < 4.78 is 0. The normalized spacial score (nSPS) is 10.5. The summed E-state index contributed by atoms with van der Waals surface area (Å²) in [4.78, 5) is 0. The van der Waals surface area contributed by atoms with Gasteiger partial charge in [-0.3, -0.25) is 0 Å². The Bertz CT molecular complexity index is 318. The van der Waals surface area contributed by atoms with Crippen molar-refractivity contribution < 1.29 is 0 Å². The molecule has 4 heteroatoms. The van der Waals surface area contributed by atoms with Crippen LogP contribution in [0.3, 0.4) is 0 Å². The summed E-state index contributed by atoms with van der Waals surface area (Å²) in [6.45, 7) is 3.76. The van der Waals surface area contributed by atoms with Crippen molar-refractivity contribution in [2.45, 2.75) is 20.3 Å². The van der Waals surface area contributed by atoms with E-state index in [1.807, 2.05) is 6.92 Å². The molecule has 0 aliphatic heterocycles. The lowest BCUT2D eigenvalue weighted by Crippen LogP contribution is -1.97. The number of halogens is 3. The molecule has 1 rings (SSSR count). The van der Waals surface area contributed by atoms with Crippen molar-refractivity contribution >= 4 is 40.5 Å². The van der Waals surface area contributed by atoms with Gasteiger partial charge in [-0.05, 0) is 24.5 Å². The van der Waals surface area contributed by atoms with Crippen LogP contribution in [0.2, 0.25) is 15.1 Å². The zero-order valence-electron chi connectivity index (χ0n) is 7.42. The van der Waals surface area contributed by atoms with Crippen LogP contribution >= 0.6 is 34.8 Å². The van der Waals surface area contributed by atoms with E-state index in [0.717, 1.165) is 17.5 Å². The highest BCUT2D eigenvalue weighted by Crippen LogP contribution is 2.39. The van der Waals surface area contributed by atoms with E-state index >= 15 is 0 Å². The predicted octanol–water partition coefficient (Wildman–Crippen LogP) is 4.10. The van der Waals surface area contributed by atoms with Gasteiger partial charge in [-0.2, -0.15) is 0 Å². The highest BCUT2D eigenvalue weighted by molar-refractivity contribution is 6.45. The molecule has 2 N–H and O–H groups in total. The van der Waals surface area contributed by atoms with E-state index in [2.05, 4.69) is 0 Å². The standard InChI is InChI=1S/C9H10Cl3N/c1-3-5-7(11)6(10)4(2)9(13)8(5)12/h3,13H2,1-2H3. The van der Waals surface area contributed by atoms with Crippen molar-refractivity contribution in [3.63, 3.8) is 0 Å². The SMILES string of the molecule is CCc1c(Cl)c(N)c(C)c(Cl)c1Cl. The molecule has 0 spiro atoms. The second kappa shape index (κ2) is 3.95. The molecule has 13 heavy (non-hydrogen) atoms. The molecule has 1 aromatic rings. The average Bonchev–Trinajstić information content (AvgIpc) is 2.13. The minimum absolute atomic E-state index is 0.500. The van der Waals surface area contributed by atoms with Gasteiger partial charge in [0.2, 0.25) is 0 Å². The van der Waals surface area contributed by atoms with E-state index in [4.69, 9.17) is 40.5 Å². The Balaban J connectivity index is 3.56. The molecule has 0 aliphatic carbocycles. The lowest BCUT2D eigenvalue weighted by molar-refractivity contribution is 1.14. The van der Waals surface area contributed by atoms with Crippen LogP contribution < -0.4 is 5.73 Å². The van der Waals surface area contributed by atoms with Gasteiger partial charge in [-0.15, -0.1) is 0 Å². The lowest BCUT2D eigenvalue weighted by atomic mass is 10.1. The van der Waals surface area contributed by atoms with E-state index in [-0.39, 0.29) is 0 Å². The summed E-state index contributed by atoms with van der Waals surface area (Å²) in [5.74, 6) is 0. The van der Waals surface area contributed by atoms with E-state index in [1.165, 1.54) is 0 Å². The highest BCUT2D eigenvalue weighted by atomic mass is 35.5. The third-order valence-corrected chi connectivity index (χ3v) is 3.46. The molecule has 0 amide bonds. The van der Waals surface area contributed by atoms with Gasteiger partial charge in [0.1, 0.15) is 0 Å². The maximum atomic E-state index is 6.01. The van der Waals surface area contributed by atoms with Gasteiger partial charge < -0.3 is 5.73 Å². The first-order valence-corrected chi connectivity index (χ1v) is 5.05. The topological polar surface area (TPSA) is 26.0 Å². The van der Waals surface area contributed by atoms with Gasteiger partial charge >= 0.3 is 0 Å². The van der Waals surface area contributed by atoms with Gasteiger partial charge in [-0.1, -0.05) is 41.7 Å². The van der Waals surface area contributed by atoms with Gasteiger partial charge in [0, 0.05) is 0 Å². The first-order valence-electron chi connectivity index (χ1n) is 3.92. The fourth-order valence-electron chi connectivity index (χ4n) is 1.15. The Morgan fingerprint density at radius 3 is 2.08 bits per heavy atom. The van der Waals surface area contributed by atoms with Crippen LogP contribution in [0.15, 0.2) is 0 Å². The summed E-state index contributed by atoms with van der Waals surface area (Å²) in [6.07, 6.45) is 0.724. The zero-order chi connectivity index (χ0) is 10.2. The molecule has 0 unspecified atom stereocenters. The van der Waals surface area contributed by atoms with E-state index in [1.54, 1.807) is 6.92 Å². The minimum atomic E-state index is 0.500. The van der Waals surface area contributed by atoms with E-state index in [0.29, 0.717) is 20.8 Å². The second-order valence-electron chi connectivity index (χ2n) is 2.81. The number of nitrogens with two attached hydrogens (primary N) is 1. The number of nitrogen functional groups attached to an aromatic ring is 1. The van der Waals surface area contributed by atoms with Gasteiger partial charge in [0.15, 0.2) is 0 Å². The molecule has 1 aromatic carbocycles. The van der Waals surface area contributed by atoms with Crippen LogP contribution in [0.4, 0.5) is 5.69 Å². The maximum absolute atomic E-state index is 6.01. The molecular weight excluding hydrogens is 228 g/mol. The van der Waals surface area contributed by atoms with Crippen LogP contribution in [0, 0.1) is 6.92 Å². The first kappa shape index (κ1) is 11.0. The van der Waals surface area contributed by atoms with Crippen molar-refractivity contribution in [1.29, 1.82) is 0 Å². The molecular formula is C9H10Cl3N. The lowest BCUT2D eigenvalue weighted by Gasteiger charge is -2.12. The molecule has 0 aliphatic rings. The summed E-state index contributed by atoms with van der Waals surface area (Å²) in [5.41, 5.74) is 7.83. The van der Waals surface area contributed by atoms with Crippen molar-refractivity contribution in [1.82, 2.24) is 0 Å². The molecule has 0 radical (unpaired) electrons. The van der Waals surface area contributed by atoms with Crippen LogP contribution in [-0.2, 0) is 6.42 Å². The summed E-state index contributed by atoms with van der Waals surface area (Å²) >= 11 is 18.0. The third kappa shape index (κ3) is 1.74. The highest BCUT2D eigenvalue weighted by Gasteiger charge is 2.15. The number of rotatable bonds is 1. The van der Waals surface area contributed by atoms with Crippen LogP contribution in [0.25, 0.3) is 0 Å². The van der Waals surface area contributed by atoms with Gasteiger partial charge in [-0.25, -0.2) is 0 Å². The Labute approximate surface area is 92.8 Å². The smallest absolute Gasteiger partial charge is 0.0685 e. The molecule has 0 heterocycles. The van der Waals surface area contributed by atoms with Gasteiger partial charge in [0.05, 0.1) is 20.8 Å². The quantitative estimate of drug-likeness (QED) is 0.578. The summed E-state index contributed by atoms with van der Waals surface area (Å²) in [5, 5.41) is 1.54. The van der Waals surface area contributed by atoms with E-state index < -0.39 is 0 Å². The average molecular weight is 239 g/mol. The van der Waals surface area contributed by atoms with Crippen LogP contribution in [0.5, 0.6) is 0 Å². The largest absolute Gasteiger partial charge is 0.397 e. The monoisotopic (exact) mass is 237 g/mol. The molecule has 0 atom stereocenters. The fraction of sp³-hybridized carbons (Fsp3) is 0.333. The molecule has 0 saturated heterocycles. The van der Waals surface area contributed by atoms with Crippen LogP contribution in [-0.4, -0.2) is 0 Å². The number of benzene rings is 1. The number of anilines is 1. The zero-order valence-corrected chi connectivity index (χ0v) is 9.69. The maximum Gasteiger partial charge on any atom is 0.0685 e. The predicted molar refractivity (Wildman–Crippen MR) is 60.0 cm³/mol. The molecule has 72 valence electrons.